The first-order chi connectivity index (χ1) is 14.1. The number of nitrogens with one attached hydrogen (secondary N) is 1. The molecule has 0 atom stereocenters. The van der Waals surface area contributed by atoms with Gasteiger partial charge in [-0.25, -0.2) is 0 Å². The number of anilines is 4. The number of hydrogen-bond donors (Lipinski definition) is 1. The number of nitrogens with zero attached hydrogens (tertiary/aromatic N) is 5. The van der Waals surface area contributed by atoms with Crippen LogP contribution in [0.1, 0.15) is 11.1 Å². The Morgan fingerprint density at radius 3 is 2.45 bits per heavy atom. The number of aryl methyl sites for hydroxylation is 2. The van der Waals surface area contributed by atoms with E-state index in [1.807, 2.05) is 25.1 Å². The minimum Gasteiger partial charge on any atom is -0.495 e. The fourth-order valence-corrected chi connectivity index (χ4v) is 3.56. The average Bonchev–Trinajstić information content (AvgIpc) is 2.74. The highest BCUT2D eigenvalue weighted by Gasteiger charge is 2.19. The topological polar surface area (TPSA) is 66.4 Å². The van der Waals surface area contributed by atoms with Gasteiger partial charge in [0.1, 0.15) is 5.75 Å². The maximum absolute atomic E-state index is 5.43. The second kappa shape index (κ2) is 8.34. The Morgan fingerprint density at radius 1 is 0.931 bits per heavy atom. The molecule has 1 aliphatic heterocycles. The summed E-state index contributed by atoms with van der Waals surface area (Å²) in [5.74, 6) is 2.04. The zero-order valence-corrected chi connectivity index (χ0v) is 17.1. The van der Waals surface area contributed by atoms with Crippen LogP contribution < -0.4 is 19.9 Å². The third kappa shape index (κ3) is 4.39. The smallest absolute Gasteiger partial charge is 0.249 e. The minimum absolute atomic E-state index is 0.465. The van der Waals surface area contributed by atoms with Crippen LogP contribution >= 0.6 is 0 Å². The molecule has 29 heavy (non-hydrogen) atoms. The number of hydrogen-bond acceptors (Lipinski definition) is 7. The van der Waals surface area contributed by atoms with Crippen LogP contribution in [-0.4, -0.2) is 48.5 Å². The monoisotopic (exact) mass is 390 g/mol. The van der Waals surface area contributed by atoms with Gasteiger partial charge >= 0.3 is 0 Å². The second-order valence-corrected chi connectivity index (χ2v) is 7.28. The van der Waals surface area contributed by atoms with Crippen molar-refractivity contribution in [3.05, 3.63) is 59.8 Å². The summed E-state index contributed by atoms with van der Waals surface area (Å²) in [4.78, 5) is 9.34. The van der Waals surface area contributed by atoms with Crippen LogP contribution in [0.3, 0.4) is 0 Å². The zero-order valence-electron chi connectivity index (χ0n) is 17.1. The third-order valence-corrected chi connectivity index (χ3v) is 5.12. The fraction of sp³-hybridized carbons (Fsp3) is 0.318. The van der Waals surface area contributed by atoms with Gasteiger partial charge < -0.3 is 19.9 Å². The molecule has 1 aromatic heterocycles. The molecule has 0 unspecified atom stereocenters. The fourth-order valence-electron chi connectivity index (χ4n) is 3.56. The van der Waals surface area contributed by atoms with Crippen molar-refractivity contribution >= 4 is 23.1 Å². The first kappa shape index (κ1) is 19.0. The standard InChI is InChI=1S/C22H26N6O/c1-16-5-4-6-18(13-16)27-9-11-28(12-10-27)21-15-23-26-22(25-21)24-19-14-17(2)7-8-20(19)29-3/h4-8,13-15H,9-12H2,1-3H3,(H,24,25,26). The molecule has 2 heterocycles. The third-order valence-electron chi connectivity index (χ3n) is 5.12. The Balaban J connectivity index is 1.45. The summed E-state index contributed by atoms with van der Waals surface area (Å²) < 4.78 is 5.43. The molecular formula is C22H26N6O. The molecule has 1 aliphatic rings. The Hall–Kier alpha value is -3.35. The lowest BCUT2D eigenvalue weighted by molar-refractivity contribution is 0.416. The van der Waals surface area contributed by atoms with Crippen LogP contribution in [0.15, 0.2) is 48.7 Å². The molecule has 0 radical (unpaired) electrons. The molecule has 0 bridgehead atoms. The highest BCUT2D eigenvalue weighted by Crippen LogP contribution is 2.28. The molecule has 0 saturated carbocycles. The van der Waals surface area contributed by atoms with Gasteiger partial charge in [0.25, 0.3) is 0 Å². The first-order valence-electron chi connectivity index (χ1n) is 9.80. The summed E-state index contributed by atoms with van der Waals surface area (Å²) in [6.45, 7) is 7.83. The van der Waals surface area contributed by atoms with Gasteiger partial charge in [0, 0.05) is 31.9 Å². The molecule has 2 aromatic carbocycles. The van der Waals surface area contributed by atoms with E-state index in [1.165, 1.54) is 11.3 Å². The van der Waals surface area contributed by atoms with Gasteiger partial charge in [-0.1, -0.05) is 18.2 Å². The van der Waals surface area contributed by atoms with E-state index >= 15 is 0 Å². The molecule has 1 fully saturated rings. The Kier molecular flexibility index (Phi) is 5.46. The summed E-state index contributed by atoms with van der Waals surface area (Å²) in [6, 6.07) is 14.6. The number of rotatable bonds is 5. The van der Waals surface area contributed by atoms with Gasteiger partial charge in [-0.15, -0.1) is 5.10 Å². The van der Waals surface area contributed by atoms with E-state index in [1.54, 1.807) is 13.3 Å². The normalized spacial score (nSPS) is 14.0. The lowest BCUT2D eigenvalue weighted by Crippen LogP contribution is -2.47. The van der Waals surface area contributed by atoms with Gasteiger partial charge in [-0.3, -0.25) is 0 Å². The SMILES string of the molecule is COc1ccc(C)cc1Nc1nncc(N2CCN(c3cccc(C)c3)CC2)n1. The van der Waals surface area contributed by atoms with Crippen molar-refractivity contribution in [1.29, 1.82) is 0 Å². The highest BCUT2D eigenvalue weighted by molar-refractivity contribution is 5.64. The molecular weight excluding hydrogens is 364 g/mol. The molecule has 0 spiro atoms. The molecule has 0 aliphatic carbocycles. The Labute approximate surface area is 171 Å². The predicted molar refractivity (Wildman–Crippen MR) is 116 cm³/mol. The summed E-state index contributed by atoms with van der Waals surface area (Å²) in [7, 11) is 1.65. The van der Waals surface area contributed by atoms with E-state index < -0.39 is 0 Å². The van der Waals surface area contributed by atoms with Crippen molar-refractivity contribution in [1.82, 2.24) is 15.2 Å². The van der Waals surface area contributed by atoms with Crippen molar-refractivity contribution in [3.8, 4) is 5.75 Å². The molecule has 1 N–H and O–H groups in total. The summed E-state index contributed by atoms with van der Waals surface area (Å²) >= 11 is 0. The van der Waals surface area contributed by atoms with Gasteiger partial charge in [-0.2, -0.15) is 10.1 Å². The van der Waals surface area contributed by atoms with Crippen molar-refractivity contribution in [2.75, 3.05) is 48.4 Å². The number of piperazine rings is 1. The number of ether oxygens (including phenoxy) is 1. The van der Waals surface area contributed by atoms with Crippen LogP contribution in [0.2, 0.25) is 0 Å². The molecule has 7 nitrogen and oxygen atoms in total. The largest absolute Gasteiger partial charge is 0.495 e. The maximum Gasteiger partial charge on any atom is 0.249 e. The highest BCUT2D eigenvalue weighted by atomic mass is 16.5. The maximum atomic E-state index is 5.43. The van der Waals surface area contributed by atoms with Gasteiger partial charge in [-0.05, 0) is 49.2 Å². The van der Waals surface area contributed by atoms with Crippen molar-refractivity contribution < 1.29 is 4.74 Å². The second-order valence-electron chi connectivity index (χ2n) is 7.28. The van der Waals surface area contributed by atoms with Crippen LogP contribution in [0.4, 0.5) is 23.1 Å². The minimum atomic E-state index is 0.465. The number of aromatic nitrogens is 3. The van der Waals surface area contributed by atoms with Gasteiger partial charge in [0.15, 0.2) is 5.82 Å². The van der Waals surface area contributed by atoms with E-state index in [9.17, 15) is 0 Å². The van der Waals surface area contributed by atoms with Gasteiger partial charge in [0.2, 0.25) is 5.95 Å². The van der Waals surface area contributed by atoms with Crippen LogP contribution in [-0.2, 0) is 0 Å². The Bertz CT molecular complexity index is 985. The number of methoxy groups -OCH3 is 1. The van der Waals surface area contributed by atoms with Crippen molar-refractivity contribution in [2.45, 2.75) is 13.8 Å². The lowest BCUT2D eigenvalue weighted by Gasteiger charge is -2.36. The van der Waals surface area contributed by atoms with Crippen molar-refractivity contribution in [3.63, 3.8) is 0 Å². The molecule has 1 saturated heterocycles. The van der Waals surface area contributed by atoms with E-state index in [-0.39, 0.29) is 0 Å². The summed E-state index contributed by atoms with van der Waals surface area (Å²) in [5, 5.41) is 11.5. The molecule has 3 aromatic rings. The Morgan fingerprint density at radius 2 is 1.69 bits per heavy atom. The summed E-state index contributed by atoms with van der Waals surface area (Å²) in [6.07, 6.45) is 1.72. The summed E-state index contributed by atoms with van der Waals surface area (Å²) in [5.41, 5.74) is 4.52. The average molecular weight is 390 g/mol. The van der Waals surface area contributed by atoms with Crippen LogP contribution in [0.5, 0.6) is 5.75 Å². The van der Waals surface area contributed by atoms with Crippen LogP contribution in [0, 0.1) is 13.8 Å². The number of benzene rings is 2. The first-order valence-corrected chi connectivity index (χ1v) is 9.80. The van der Waals surface area contributed by atoms with Crippen LogP contribution in [0.25, 0.3) is 0 Å². The lowest BCUT2D eigenvalue weighted by atomic mass is 10.2. The molecule has 150 valence electrons. The molecule has 7 heteroatoms. The molecule has 4 rings (SSSR count). The van der Waals surface area contributed by atoms with E-state index in [4.69, 9.17) is 4.74 Å². The quantitative estimate of drug-likeness (QED) is 0.714. The van der Waals surface area contributed by atoms with E-state index in [2.05, 4.69) is 61.5 Å². The van der Waals surface area contributed by atoms with E-state index in [0.29, 0.717) is 5.95 Å². The van der Waals surface area contributed by atoms with Crippen molar-refractivity contribution in [2.24, 2.45) is 0 Å². The predicted octanol–water partition coefficient (Wildman–Crippen LogP) is 3.57. The van der Waals surface area contributed by atoms with E-state index in [0.717, 1.165) is 49.0 Å². The van der Waals surface area contributed by atoms with Gasteiger partial charge in [0.05, 0.1) is 19.0 Å². The zero-order chi connectivity index (χ0) is 20.2. The molecule has 0 amide bonds.